The molecule has 2 aromatic carbocycles. The molecule has 0 saturated carbocycles. The molecule has 0 spiro atoms. The van der Waals surface area contributed by atoms with Gasteiger partial charge < -0.3 is 10.1 Å². The number of aryl methyl sites for hydroxylation is 1. The zero-order valence-corrected chi connectivity index (χ0v) is 13.0. The number of nitrogens with one attached hydrogen (secondary N) is 1. The van der Waals surface area contributed by atoms with Crippen LogP contribution in [0.25, 0.3) is 0 Å². The highest BCUT2D eigenvalue weighted by atomic mass is 79.9. The summed E-state index contributed by atoms with van der Waals surface area (Å²) in [4.78, 5) is 0. The van der Waals surface area contributed by atoms with Crippen LogP contribution in [0.1, 0.15) is 22.7 Å². The molecule has 0 bridgehead atoms. The molecule has 100 valence electrons. The molecule has 19 heavy (non-hydrogen) atoms. The summed E-state index contributed by atoms with van der Waals surface area (Å²) >= 11 is 3.52. The normalized spacial score (nSPS) is 12.2. The van der Waals surface area contributed by atoms with E-state index in [0.717, 1.165) is 15.8 Å². The van der Waals surface area contributed by atoms with Crippen LogP contribution in [-0.4, -0.2) is 14.2 Å². The van der Waals surface area contributed by atoms with Crippen LogP contribution < -0.4 is 10.1 Å². The second-order valence-corrected chi connectivity index (χ2v) is 5.43. The third kappa shape index (κ3) is 3.17. The summed E-state index contributed by atoms with van der Waals surface area (Å²) < 4.78 is 6.52. The number of benzene rings is 2. The zero-order chi connectivity index (χ0) is 13.8. The Hall–Kier alpha value is -1.32. The van der Waals surface area contributed by atoms with Crippen molar-refractivity contribution >= 4 is 15.9 Å². The second-order valence-electron chi connectivity index (χ2n) is 4.52. The summed E-state index contributed by atoms with van der Waals surface area (Å²) in [6.07, 6.45) is 0. The minimum absolute atomic E-state index is 0.119. The van der Waals surface area contributed by atoms with Gasteiger partial charge in [0.2, 0.25) is 0 Å². The Morgan fingerprint density at radius 3 is 2.37 bits per heavy atom. The van der Waals surface area contributed by atoms with Crippen molar-refractivity contribution in [1.29, 1.82) is 0 Å². The van der Waals surface area contributed by atoms with Crippen molar-refractivity contribution in [2.45, 2.75) is 13.0 Å². The van der Waals surface area contributed by atoms with E-state index in [4.69, 9.17) is 4.74 Å². The van der Waals surface area contributed by atoms with E-state index in [1.54, 1.807) is 7.11 Å². The van der Waals surface area contributed by atoms with Crippen LogP contribution in [0.4, 0.5) is 0 Å². The first kappa shape index (κ1) is 14.1. The van der Waals surface area contributed by atoms with Crippen LogP contribution in [0, 0.1) is 6.92 Å². The van der Waals surface area contributed by atoms with Crippen LogP contribution >= 0.6 is 15.9 Å². The molecule has 0 saturated heterocycles. The van der Waals surface area contributed by atoms with Gasteiger partial charge in [-0.2, -0.15) is 0 Å². The van der Waals surface area contributed by atoms with Gasteiger partial charge >= 0.3 is 0 Å². The summed E-state index contributed by atoms with van der Waals surface area (Å²) in [6, 6.07) is 14.7. The molecule has 0 aromatic heterocycles. The molecule has 0 aliphatic heterocycles. The van der Waals surface area contributed by atoms with Gasteiger partial charge in [-0.25, -0.2) is 0 Å². The fourth-order valence-electron chi connectivity index (χ4n) is 2.19. The van der Waals surface area contributed by atoms with E-state index < -0.39 is 0 Å². The summed E-state index contributed by atoms with van der Waals surface area (Å²) in [6.45, 7) is 2.10. The monoisotopic (exact) mass is 319 g/mol. The van der Waals surface area contributed by atoms with Gasteiger partial charge in [0.15, 0.2) is 0 Å². The fourth-order valence-corrected chi connectivity index (χ4v) is 2.57. The molecule has 0 amide bonds. The Bertz CT molecular complexity index is 551. The lowest BCUT2D eigenvalue weighted by atomic mass is 9.97. The van der Waals surface area contributed by atoms with Gasteiger partial charge in [-0.05, 0) is 37.7 Å². The number of rotatable bonds is 4. The van der Waals surface area contributed by atoms with Crippen molar-refractivity contribution in [3.05, 3.63) is 63.6 Å². The molecule has 2 aromatic rings. The lowest BCUT2D eigenvalue weighted by Gasteiger charge is -2.20. The molecule has 2 nitrogen and oxygen atoms in total. The van der Waals surface area contributed by atoms with Crippen LogP contribution in [0.2, 0.25) is 0 Å². The first-order chi connectivity index (χ1) is 9.15. The highest BCUT2D eigenvalue weighted by molar-refractivity contribution is 9.10. The zero-order valence-electron chi connectivity index (χ0n) is 11.4. The summed E-state index contributed by atoms with van der Waals surface area (Å²) in [5, 5.41) is 3.36. The van der Waals surface area contributed by atoms with Crippen molar-refractivity contribution < 1.29 is 4.74 Å². The minimum Gasteiger partial charge on any atom is -0.496 e. The third-order valence-corrected chi connectivity index (χ3v) is 3.70. The van der Waals surface area contributed by atoms with Crippen LogP contribution in [-0.2, 0) is 0 Å². The van der Waals surface area contributed by atoms with Gasteiger partial charge in [-0.3, -0.25) is 0 Å². The highest BCUT2D eigenvalue weighted by Gasteiger charge is 2.16. The maximum atomic E-state index is 5.47. The largest absolute Gasteiger partial charge is 0.496 e. The van der Waals surface area contributed by atoms with E-state index >= 15 is 0 Å². The molecule has 0 heterocycles. The quantitative estimate of drug-likeness (QED) is 0.917. The van der Waals surface area contributed by atoms with Gasteiger partial charge in [0.25, 0.3) is 0 Å². The second kappa shape index (κ2) is 6.22. The molecule has 1 unspecified atom stereocenters. The number of ether oxygens (including phenoxy) is 1. The summed E-state index contributed by atoms with van der Waals surface area (Å²) in [5.41, 5.74) is 3.62. The number of halogens is 1. The van der Waals surface area contributed by atoms with Crippen LogP contribution in [0.5, 0.6) is 5.75 Å². The molecule has 0 fully saturated rings. The molecule has 3 heteroatoms. The fraction of sp³-hybridized carbons (Fsp3) is 0.250. The highest BCUT2D eigenvalue weighted by Crippen LogP contribution is 2.32. The van der Waals surface area contributed by atoms with Crippen molar-refractivity contribution in [3.63, 3.8) is 0 Å². The standard InChI is InChI=1S/C16H18BrNO/c1-11-4-6-12(7-5-11)16(18-2)14-10-13(17)8-9-15(14)19-3/h4-10,16,18H,1-3H3. The first-order valence-electron chi connectivity index (χ1n) is 6.23. The van der Waals surface area contributed by atoms with Crippen molar-refractivity contribution in [2.24, 2.45) is 0 Å². The topological polar surface area (TPSA) is 21.3 Å². The molecule has 1 N–H and O–H groups in total. The maximum absolute atomic E-state index is 5.47. The molecule has 2 rings (SSSR count). The summed E-state index contributed by atoms with van der Waals surface area (Å²) in [5.74, 6) is 0.892. The predicted molar refractivity (Wildman–Crippen MR) is 82.8 cm³/mol. The van der Waals surface area contributed by atoms with E-state index in [1.165, 1.54) is 11.1 Å². The lowest BCUT2D eigenvalue weighted by Crippen LogP contribution is -2.18. The maximum Gasteiger partial charge on any atom is 0.124 e. The Kier molecular flexibility index (Phi) is 4.61. The van der Waals surface area contributed by atoms with Crippen molar-refractivity contribution in [1.82, 2.24) is 5.32 Å². The smallest absolute Gasteiger partial charge is 0.124 e. The molecule has 0 aliphatic rings. The Morgan fingerprint density at radius 2 is 1.79 bits per heavy atom. The van der Waals surface area contributed by atoms with Crippen molar-refractivity contribution in [2.75, 3.05) is 14.2 Å². The van der Waals surface area contributed by atoms with Crippen LogP contribution in [0.3, 0.4) is 0 Å². The van der Waals surface area contributed by atoms with E-state index in [0.29, 0.717) is 0 Å². The first-order valence-corrected chi connectivity index (χ1v) is 7.02. The predicted octanol–water partition coefficient (Wildman–Crippen LogP) is 4.07. The van der Waals surface area contributed by atoms with Gasteiger partial charge in [0.1, 0.15) is 5.75 Å². The molecular weight excluding hydrogens is 302 g/mol. The molecule has 1 atom stereocenters. The van der Waals surface area contributed by atoms with E-state index in [9.17, 15) is 0 Å². The third-order valence-electron chi connectivity index (χ3n) is 3.20. The lowest BCUT2D eigenvalue weighted by molar-refractivity contribution is 0.405. The minimum atomic E-state index is 0.119. The number of hydrogen-bond donors (Lipinski definition) is 1. The molecule has 0 radical (unpaired) electrons. The Balaban J connectivity index is 2.47. The van der Waals surface area contributed by atoms with E-state index in [-0.39, 0.29) is 6.04 Å². The van der Waals surface area contributed by atoms with E-state index in [2.05, 4.69) is 58.5 Å². The average Bonchev–Trinajstić information content (AvgIpc) is 2.42. The van der Waals surface area contributed by atoms with E-state index in [1.807, 2.05) is 19.2 Å². The Morgan fingerprint density at radius 1 is 1.11 bits per heavy atom. The number of hydrogen-bond acceptors (Lipinski definition) is 2. The van der Waals surface area contributed by atoms with Gasteiger partial charge in [0.05, 0.1) is 13.2 Å². The Labute approximate surface area is 122 Å². The van der Waals surface area contributed by atoms with Crippen LogP contribution in [0.15, 0.2) is 46.9 Å². The van der Waals surface area contributed by atoms with Gasteiger partial charge in [-0.15, -0.1) is 0 Å². The molecular formula is C16H18BrNO. The summed E-state index contributed by atoms with van der Waals surface area (Å²) in [7, 11) is 3.67. The number of methoxy groups -OCH3 is 1. The SMILES string of the molecule is CNC(c1ccc(C)cc1)c1cc(Br)ccc1OC. The average molecular weight is 320 g/mol. The van der Waals surface area contributed by atoms with Gasteiger partial charge in [-0.1, -0.05) is 45.8 Å². The molecule has 0 aliphatic carbocycles. The van der Waals surface area contributed by atoms with Gasteiger partial charge in [0, 0.05) is 10.0 Å². The van der Waals surface area contributed by atoms with Crippen molar-refractivity contribution in [3.8, 4) is 5.75 Å².